The van der Waals surface area contributed by atoms with Crippen molar-refractivity contribution < 1.29 is 18.0 Å². The molecule has 0 unspecified atom stereocenters. The summed E-state index contributed by atoms with van der Waals surface area (Å²) in [6.45, 7) is 2.42. The Kier molecular flexibility index (Phi) is 5.36. The van der Waals surface area contributed by atoms with Crippen LogP contribution in [0.25, 0.3) is 16.9 Å². The van der Waals surface area contributed by atoms with Gasteiger partial charge in [-0.1, -0.05) is 42.0 Å². The van der Waals surface area contributed by atoms with E-state index >= 15 is 0 Å². The first-order valence-electron chi connectivity index (χ1n) is 10.7. The third kappa shape index (κ3) is 3.86. The van der Waals surface area contributed by atoms with Crippen LogP contribution in [0, 0.1) is 12.7 Å². The van der Waals surface area contributed by atoms with Crippen LogP contribution in [0.1, 0.15) is 52.5 Å². The number of hydrogen-bond acceptors (Lipinski definition) is 3. The zero-order chi connectivity index (χ0) is 23.1. The third-order valence-corrected chi connectivity index (χ3v) is 6.05. The van der Waals surface area contributed by atoms with E-state index in [4.69, 9.17) is 0 Å². The zero-order valence-electron chi connectivity index (χ0n) is 17.9. The first-order valence-corrected chi connectivity index (χ1v) is 10.7. The lowest BCUT2D eigenvalue weighted by Gasteiger charge is -2.24. The van der Waals surface area contributed by atoms with Crippen molar-refractivity contribution in [3.05, 3.63) is 89.0 Å². The average molecular weight is 450 g/mol. The lowest BCUT2D eigenvalue weighted by atomic mass is 10.0. The van der Waals surface area contributed by atoms with Gasteiger partial charge in [-0.05, 0) is 43.5 Å². The van der Waals surface area contributed by atoms with Gasteiger partial charge < -0.3 is 4.90 Å². The number of carbonyl (C=O) groups excluding carboxylic acids is 1. The molecule has 0 radical (unpaired) electrons. The standard InChI is InChI=1S/C25H21F3N4O/c1-15-7-9-16(10-8-15)20-13-22(23(27)28)32-24(30-20)19(14-29-32)25(33)31-11-3-6-21(31)17-4-2-5-18(26)12-17/h2,4-5,7-10,12-14,21,23H,3,6,11H2,1H3/t21-/m0/s1. The molecule has 4 aromatic rings. The number of benzene rings is 2. The summed E-state index contributed by atoms with van der Waals surface area (Å²) in [5.74, 6) is -0.723. The van der Waals surface area contributed by atoms with Gasteiger partial charge in [0.05, 0.1) is 17.9 Å². The Balaban J connectivity index is 1.59. The zero-order valence-corrected chi connectivity index (χ0v) is 17.9. The maximum absolute atomic E-state index is 13.9. The van der Waals surface area contributed by atoms with Crippen LogP contribution in [0.3, 0.4) is 0 Å². The molecule has 8 heteroatoms. The van der Waals surface area contributed by atoms with Crippen molar-refractivity contribution in [1.82, 2.24) is 19.5 Å². The smallest absolute Gasteiger partial charge is 0.280 e. The number of nitrogens with zero attached hydrogens (tertiary/aromatic N) is 4. The maximum atomic E-state index is 13.9. The number of halogens is 3. The fourth-order valence-corrected chi connectivity index (χ4v) is 4.39. The number of aromatic nitrogens is 3. The van der Waals surface area contributed by atoms with E-state index in [9.17, 15) is 18.0 Å². The quantitative estimate of drug-likeness (QED) is 0.397. The average Bonchev–Trinajstić information content (AvgIpc) is 3.46. The minimum atomic E-state index is -2.80. The number of aryl methyl sites for hydroxylation is 1. The van der Waals surface area contributed by atoms with Crippen LogP contribution >= 0.6 is 0 Å². The van der Waals surface area contributed by atoms with Gasteiger partial charge in [-0.15, -0.1) is 0 Å². The van der Waals surface area contributed by atoms with Crippen molar-refractivity contribution in [2.45, 2.75) is 32.2 Å². The Hall–Kier alpha value is -3.68. The van der Waals surface area contributed by atoms with Gasteiger partial charge in [0.15, 0.2) is 5.65 Å². The molecule has 3 heterocycles. The fourth-order valence-electron chi connectivity index (χ4n) is 4.39. The second kappa shape index (κ2) is 8.35. The highest BCUT2D eigenvalue weighted by molar-refractivity contribution is 6.00. The highest BCUT2D eigenvalue weighted by Gasteiger charge is 2.33. The predicted molar refractivity (Wildman–Crippen MR) is 118 cm³/mol. The van der Waals surface area contributed by atoms with Crippen LogP contribution in [-0.4, -0.2) is 31.9 Å². The number of amides is 1. The molecule has 1 fully saturated rings. The van der Waals surface area contributed by atoms with Crippen molar-refractivity contribution in [2.75, 3.05) is 6.54 Å². The Labute approximate surface area is 188 Å². The normalized spacial score (nSPS) is 16.2. The van der Waals surface area contributed by atoms with Crippen molar-refractivity contribution in [1.29, 1.82) is 0 Å². The summed E-state index contributed by atoms with van der Waals surface area (Å²) in [6.07, 6.45) is -0.0552. The van der Waals surface area contributed by atoms with Crippen LogP contribution < -0.4 is 0 Å². The Bertz CT molecular complexity index is 1330. The Morgan fingerprint density at radius 1 is 1.12 bits per heavy atom. The minimum absolute atomic E-state index is 0.0817. The molecule has 168 valence electrons. The molecule has 0 bridgehead atoms. The fraction of sp³-hybridized carbons (Fsp3) is 0.240. The summed E-state index contributed by atoms with van der Waals surface area (Å²) in [5, 5.41) is 4.06. The molecular formula is C25H21F3N4O. The van der Waals surface area contributed by atoms with E-state index in [-0.39, 0.29) is 34.7 Å². The number of likely N-dealkylation sites (tertiary alicyclic amines) is 1. The van der Waals surface area contributed by atoms with Gasteiger partial charge in [0.25, 0.3) is 12.3 Å². The molecule has 1 amide bonds. The summed E-state index contributed by atoms with van der Waals surface area (Å²) < 4.78 is 42.6. The van der Waals surface area contributed by atoms with Gasteiger partial charge >= 0.3 is 0 Å². The van der Waals surface area contributed by atoms with Crippen LogP contribution in [-0.2, 0) is 0 Å². The van der Waals surface area contributed by atoms with E-state index in [2.05, 4.69) is 10.1 Å². The second-order valence-electron chi connectivity index (χ2n) is 8.24. The van der Waals surface area contributed by atoms with E-state index in [1.54, 1.807) is 17.0 Å². The van der Waals surface area contributed by atoms with Crippen molar-refractivity contribution in [2.24, 2.45) is 0 Å². The van der Waals surface area contributed by atoms with E-state index in [0.29, 0.717) is 29.8 Å². The van der Waals surface area contributed by atoms with Gasteiger partial charge in [-0.3, -0.25) is 4.79 Å². The number of alkyl halides is 2. The Morgan fingerprint density at radius 2 is 1.91 bits per heavy atom. The largest absolute Gasteiger partial charge is 0.331 e. The highest BCUT2D eigenvalue weighted by Crippen LogP contribution is 2.34. The maximum Gasteiger partial charge on any atom is 0.280 e. The molecule has 0 aliphatic carbocycles. The topological polar surface area (TPSA) is 50.5 Å². The SMILES string of the molecule is Cc1ccc(-c2cc(C(F)F)n3ncc(C(=O)N4CCC[C@H]4c4cccc(F)c4)c3n2)cc1. The van der Waals surface area contributed by atoms with Gasteiger partial charge in [0, 0.05) is 12.1 Å². The summed E-state index contributed by atoms with van der Waals surface area (Å²) in [4.78, 5) is 19.7. The molecule has 2 aromatic heterocycles. The summed E-state index contributed by atoms with van der Waals surface area (Å²) in [7, 11) is 0. The van der Waals surface area contributed by atoms with Crippen molar-refractivity contribution in [3.8, 4) is 11.3 Å². The van der Waals surface area contributed by atoms with Crippen LogP contribution in [0.15, 0.2) is 60.8 Å². The molecule has 5 nitrogen and oxygen atoms in total. The second-order valence-corrected chi connectivity index (χ2v) is 8.24. The lowest BCUT2D eigenvalue weighted by molar-refractivity contribution is 0.0737. The monoisotopic (exact) mass is 450 g/mol. The van der Waals surface area contributed by atoms with E-state index < -0.39 is 6.43 Å². The molecule has 1 aliphatic rings. The van der Waals surface area contributed by atoms with Crippen LogP contribution in [0.5, 0.6) is 0 Å². The van der Waals surface area contributed by atoms with Gasteiger partial charge in [-0.2, -0.15) is 5.10 Å². The number of carbonyl (C=O) groups is 1. The number of hydrogen-bond donors (Lipinski definition) is 0. The molecule has 1 aliphatic heterocycles. The molecule has 5 rings (SSSR count). The third-order valence-electron chi connectivity index (χ3n) is 6.05. The predicted octanol–water partition coefficient (Wildman–Crippen LogP) is 5.76. The molecule has 1 saturated heterocycles. The molecule has 0 spiro atoms. The van der Waals surface area contributed by atoms with Crippen LogP contribution in [0.4, 0.5) is 13.2 Å². The van der Waals surface area contributed by atoms with E-state index in [0.717, 1.165) is 16.5 Å². The minimum Gasteiger partial charge on any atom is -0.331 e. The van der Waals surface area contributed by atoms with E-state index in [1.165, 1.54) is 24.4 Å². The molecule has 2 aromatic carbocycles. The summed E-state index contributed by atoms with van der Waals surface area (Å²) in [6, 6.07) is 14.6. The number of fused-ring (bicyclic) bond motifs is 1. The molecular weight excluding hydrogens is 429 g/mol. The van der Waals surface area contributed by atoms with Gasteiger partial charge in [-0.25, -0.2) is 22.7 Å². The summed E-state index contributed by atoms with van der Waals surface area (Å²) >= 11 is 0. The van der Waals surface area contributed by atoms with Crippen molar-refractivity contribution in [3.63, 3.8) is 0 Å². The summed E-state index contributed by atoms with van der Waals surface area (Å²) in [5.41, 5.74) is 2.65. The lowest BCUT2D eigenvalue weighted by Crippen LogP contribution is -2.30. The van der Waals surface area contributed by atoms with Gasteiger partial charge in [0.2, 0.25) is 0 Å². The van der Waals surface area contributed by atoms with Crippen molar-refractivity contribution >= 4 is 11.6 Å². The number of rotatable bonds is 4. The molecule has 1 atom stereocenters. The van der Waals surface area contributed by atoms with Crippen LogP contribution in [0.2, 0.25) is 0 Å². The molecule has 0 saturated carbocycles. The first kappa shape index (κ1) is 21.2. The Morgan fingerprint density at radius 3 is 2.64 bits per heavy atom. The molecule has 33 heavy (non-hydrogen) atoms. The first-order chi connectivity index (χ1) is 15.9. The molecule has 0 N–H and O–H groups in total. The highest BCUT2D eigenvalue weighted by atomic mass is 19.3. The van der Waals surface area contributed by atoms with Gasteiger partial charge in [0.1, 0.15) is 17.1 Å². The van der Waals surface area contributed by atoms with E-state index in [1.807, 2.05) is 31.2 Å².